The van der Waals surface area contributed by atoms with Crippen molar-refractivity contribution in [2.75, 3.05) is 5.32 Å². The Morgan fingerprint density at radius 3 is 2.50 bits per heavy atom. The molecule has 2 aromatic heterocycles. The Hall–Kier alpha value is -2.14. The summed E-state index contributed by atoms with van der Waals surface area (Å²) in [6.07, 6.45) is 9.04. The van der Waals surface area contributed by atoms with Crippen LogP contribution in [0.25, 0.3) is 22.4 Å². The zero-order valence-electron chi connectivity index (χ0n) is 13.3. The molecular formula is C18H19ClN4O. The lowest BCUT2D eigenvalue weighted by atomic mass is 10.1. The van der Waals surface area contributed by atoms with Crippen molar-refractivity contribution in [3.63, 3.8) is 0 Å². The van der Waals surface area contributed by atoms with Crippen molar-refractivity contribution in [1.29, 1.82) is 0 Å². The molecule has 0 aliphatic heterocycles. The van der Waals surface area contributed by atoms with Gasteiger partial charge in [-0.3, -0.25) is 0 Å². The predicted molar refractivity (Wildman–Crippen MR) is 95.2 cm³/mol. The first-order valence-corrected chi connectivity index (χ1v) is 8.82. The molecule has 0 atom stereocenters. The molecule has 124 valence electrons. The quantitative estimate of drug-likeness (QED) is 0.673. The largest absolute Gasteiger partial charge is 0.367 e. The third-order valence-electron chi connectivity index (χ3n) is 4.59. The first-order valence-electron chi connectivity index (χ1n) is 8.44. The standard InChI is InChI=1S/C18H19ClN4O/c19-13-9-7-12(8-10-13)16-15-17(20-11-21-18(15)24-23-16)22-14-5-3-1-2-4-6-14/h7-11,14H,1-6H2,(H,20,21,22). The van der Waals surface area contributed by atoms with Crippen molar-refractivity contribution >= 4 is 28.5 Å². The van der Waals surface area contributed by atoms with E-state index < -0.39 is 0 Å². The number of hydrogen-bond donors (Lipinski definition) is 1. The monoisotopic (exact) mass is 342 g/mol. The van der Waals surface area contributed by atoms with Gasteiger partial charge in [0.1, 0.15) is 23.2 Å². The molecule has 1 aromatic carbocycles. The van der Waals surface area contributed by atoms with Crippen LogP contribution in [0.5, 0.6) is 0 Å². The van der Waals surface area contributed by atoms with Crippen molar-refractivity contribution in [2.24, 2.45) is 0 Å². The smallest absolute Gasteiger partial charge is 0.263 e. The van der Waals surface area contributed by atoms with Gasteiger partial charge in [-0.05, 0) is 25.0 Å². The molecule has 6 heteroatoms. The van der Waals surface area contributed by atoms with E-state index >= 15 is 0 Å². The number of fused-ring (bicyclic) bond motifs is 1. The van der Waals surface area contributed by atoms with Crippen LogP contribution < -0.4 is 5.32 Å². The molecule has 1 aliphatic rings. The normalized spacial score (nSPS) is 16.2. The molecule has 0 spiro atoms. The van der Waals surface area contributed by atoms with Crippen LogP contribution >= 0.6 is 11.6 Å². The van der Waals surface area contributed by atoms with Gasteiger partial charge >= 0.3 is 0 Å². The second kappa shape index (κ2) is 6.77. The summed E-state index contributed by atoms with van der Waals surface area (Å²) in [6.45, 7) is 0. The fourth-order valence-corrected chi connectivity index (χ4v) is 3.44. The van der Waals surface area contributed by atoms with E-state index in [-0.39, 0.29) is 0 Å². The number of rotatable bonds is 3. The molecule has 0 unspecified atom stereocenters. The van der Waals surface area contributed by atoms with E-state index in [9.17, 15) is 0 Å². The lowest BCUT2D eigenvalue weighted by molar-refractivity contribution is 0.451. The maximum atomic E-state index is 5.99. The summed E-state index contributed by atoms with van der Waals surface area (Å²) in [7, 11) is 0. The first-order chi connectivity index (χ1) is 11.8. The molecule has 0 bridgehead atoms. The van der Waals surface area contributed by atoms with Gasteiger partial charge in [0.25, 0.3) is 5.71 Å². The summed E-state index contributed by atoms with van der Waals surface area (Å²) in [5.74, 6) is 0.804. The van der Waals surface area contributed by atoms with Gasteiger partial charge in [-0.2, -0.15) is 4.98 Å². The van der Waals surface area contributed by atoms with Gasteiger partial charge in [-0.25, -0.2) is 4.98 Å². The summed E-state index contributed by atoms with van der Waals surface area (Å²) in [4.78, 5) is 8.67. The molecule has 2 heterocycles. The van der Waals surface area contributed by atoms with E-state index in [0.29, 0.717) is 16.8 Å². The molecule has 1 N–H and O–H groups in total. The lowest BCUT2D eigenvalue weighted by Crippen LogP contribution is -2.19. The minimum atomic E-state index is 0.443. The Bertz CT molecular complexity index is 823. The van der Waals surface area contributed by atoms with Crippen LogP contribution in [0, 0.1) is 0 Å². The van der Waals surface area contributed by atoms with Gasteiger partial charge in [0.05, 0.1) is 0 Å². The average Bonchev–Trinajstić information content (AvgIpc) is 2.87. The SMILES string of the molecule is Clc1ccc(-c2noc3ncnc(NC4CCCCCC4)c23)cc1. The van der Waals surface area contributed by atoms with Gasteiger partial charge in [0, 0.05) is 16.6 Å². The highest BCUT2D eigenvalue weighted by atomic mass is 35.5. The van der Waals surface area contributed by atoms with Crippen LogP contribution in [0.4, 0.5) is 5.82 Å². The maximum Gasteiger partial charge on any atom is 0.263 e. The minimum Gasteiger partial charge on any atom is -0.367 e. The Kier molecular flexibility index (Phi) is 4.34. The number of aromatic nitrogens is 3. The van der Waals surface area contributed by atoms with Crippen LogP contribution in [-0.2, 0) is 0 Å². The number of hydrogen-bond acceptors (Lipinski definition) is 5. The summed E-state index contributed by atoms with van der Waals surface area (Å²) < 4.78 is 5.41. The Balaban J connectivity index is 1.72. The van der Waals surface area contributed by atoms with Gasteiger partial charge < -0.3 is 9.84 Å². The topological polar surface area (TPSA) is 63.8 Å². The molecule has 0 saturated heterocycles. The second-order valence-corrected chi connectivity index (χ2v) is 6.71. The summed E-state index contributed by atoms with van der Waals surface area (Å²) >= 11 is 5.99. The van der Waals surface area contributed by atoms with Gasteiger partial charge in [-0.15, -0.1) is 0 Å². The fourth-order valence-electron chi connectivity index (χ4n) is 3.32. The Labute approximate surface area is 145 Å². The zero-order chi connectivity index (χ0) is 16.4. The van der Waals surface area contributed by atoms with Gasteiger partial charge in [-0.1, -0.05) is 54.6 Å². The minimum absolute atomic E-state index is 0.443. The van der Waals surface area contributed by atoms with Crippen molar-refractivity contribution in [2.45, 2.75) is 44.6 Å². The summed E-state index contributed by atoms with van der Waals surface area (Å²) in [5.41, 5.74) is 2.20. The fraction of sp³-hybridized carbons (Fsp3) is 0.389. The maximum absolute atomic E-state index is 5.99. The molecule has 5 nitrogen and oxygen atoms in total. The number of anilines is 1. The van der Waals surface area contributed by atoms with Crippen LogP contribution in [0.1, 0.15) is 38.5 Å². The first kappa shape index (κ1) is 15.4. The molecule has 3 aromatic rings. The number of halogens is 1. The molecule has 0 radical (unpaired) electrons. The molecule has 4 rings (SSSR count). The third kappa shape index (κ3) is 3.08. The van der Waals surface area contributed by atoms with Crippen molar-refractivity contribution < 1.29 is 4.52 Å². The molecular weight excluding hydrogens is 324 g/mol. The van der Waals surface area contributed by atoms with E-state index in [2.05, 4.69) is 20.4 Å². The Morgan fingerprint density at radius 1 is 1.00 bits per heavy atom. The third-order valence-corrected chi connectivity index (χ3v) is 4.84. The number of benzene rings is 1. The highest BCUT2D eigenvalue weighted by Gasteiger charge is 2.19. The number of nitrogens with one attached hydrogen (secondary N) is 1. The molecule has 24 heavy (non-hydrogen) atoms. The molecule has 0 amide bonds. The Morgan fingerprint density at radius 2 is 1.75 bits per heavy atom. The average molecular weight is 343 g/mol. The molecule has 1 saturated carbocycles. The van der Waals surface area contributed by atoms with Gasteiger partial charge in [0.15, 0.2) is 0 Å². The van der Waals surface area contributed by atoms with E-state index in [1.807, 2.05) is 24.3 Å². The van der Waals surface area contributed by atoms with Crippen molar-refractivity contribution in [3.8, 4) is 11.3 Å². The van der Waals surface area contributed by atoms with Crippen LogP contribution in [0.15, 0.2) is 35.1 Å². The van der Waals surface area contributed by atoms with Crippen molar-refractivity contribution in [1.82, 2.24) is 15.1 Å². The molecule has 1 fully saturated rings. The molecule has 1 aliphatic carbocycles. The highest BCUT2D eigenvalue weighted by molar-refractivity contribution is 6.30. The van der Waals surface area contributed by atoms with Crippen LogP contribution in [0.2, 0.25) is 5.02 Å². The summed E-state index contributed by atoms with van der Waals surface area (Å²) in [5, 5.41) is 9.33. The zero-order valence-corrected chi connectivity index (χ0v) is 14.1. The van der Waals surface area contributed by atoms with E-state index in [0.717, 1.165) is 22.5 Å². The van der Waals surface area contributed by atoms with Crippen LogP contribution in [0.3, 0.4) is 0 Å². The van der Waals surface area contributed by atoms with Gasteiger partial charge in [0.2, 0.25) is 0 Å². The number of nitrogens with zero attached hydrogens (tertiary/aromatic N) is 3. The van der Waals surface area contributed by atoms with Crippen molar-refractivity contribution in [3.05, 3.63) is 35.6 Å². The van der Waals surface area contributed by atoms with E-state index in [1.165, 1.54) is 44.9 Å². The van der Waals surface area contributed by atoms with E-state index in [4.69, 9.17) is 16.1 Å². The second-order valence-electron chi connectivity index (χ2n) is 6.27. The summed E-state index contributed by atoms with van der Waals surface area (Å²) in [6, 6.07) is 8.00. The predicted octanol–water partition coefficient (Wildman–Crippen LogP) is 5.07. The highest BCUT2D eigenvalue weighted by Crippen LogP contribution is 2.33. The van der Waals surface area contributed by atoms with E-state index in [1.54, 1.807) is 0 Å². The van der Waals surface area contributed by atoms with Crippen LogP contribution in [-0.4, -0.2) is 21.2 Å². The lowest BCUT2D eigenvalue weighted by Gasteiger charge is -2.17.